The molecule has 2 aliphatic rings. The van der Waals surface area contributed by atoms with Gasteiger partial charge in [0.25, 0.3) is 0 Å². The molecule has 0 fully saturated rings. The zero-order valence-electron chi connectivity index (χ0n) is 23.8. The lowest BCUT2D eigenvalue weighted by atomic mass is 9.90. The van der Waals surface area contributed by atoms with Crippen LogP contribution < -0.4 is 14.2 Å². The minimum absolute atomic E-state index is 0.0607. The highest BCUT2D eigenvalue weighted by atomic mass is 32.2. The number of sulfone groups is 1. The van der Waals surface area contributed by atoms with Crippen molar-refractivity contribution in [1.29, 1.82) is 0 Å². The van der Waals surface area contributed by atoms with Crippen LogP contribution in [0.1, 0.15) is 59.1 Å². The minimum Gasteiger partial charge on any atom is -0.494 e. The largest absolute Gasteiger partial charge is 0.494 e. The Kier molecular flexibility index (Phi) is 8.27. The van der Waals surface area contributed by atoms with Gasteiger partial charge in [0.1, 0.15) is 39.0 Å². The van der Waals surface area contributed by atoms with E-state index in [1.54, 1.807) is 0 Å². The van der Waals surface area contributed by atoms with E-state index in [-0.39, 0.29) is 29.9 Å². The number of methoxy groups -OCH3 is 1. The van der Waals surface area contributed by atoms with E-state index in [0.717, 1.165) is 33.4 Å². The van der Waals surface area contributed by atoms with Gasteiger partial charge in [-0.1, -0.05) is 12.1 Å². The van der Waals surface area contributed by atoms with Gasteiger partial charge in [0.05, 0.1) is 32.5 Å². The first kappa shape index (κ1) is 28.9. The molecule has 5 rings (SSSR count). The van der Waals surface area contributed by atoms with Gasteiger partial charge in [-0.25, -0.2) is 12.8 Å². The van der Waals surface area contributed by atoms with E-state index < -0.39 is 15.9 Å². The van der Waals surface area contributed by atoms with Crippen molar-refractivity contribution in [2.75, 3.05) is 32.3 Å². The number of ether oxygens (including phenoxy) is 4. The molecule has 0 N–H and O–H groups in total. The summed E-state index contributed by atoms with van der Waals surface area (Å²) in [5.74, 6) is 1.41. The lowest BCUT2D eigenvalue weighted by molar-refractivity contribution is -0.141. The predicted molar refractivity (Wildman–Crippen MR) is 154 cm³/mol. The van der Waals surface area contributed by atoms with Crippen molar-refractivity contribution in [2.45, 2.75) is 51.6 Å². The average molecular weight is 583 g/mol. The van der Waals surface area contributed by atoms with Crippen LogP contribution in [-0.2, 0) is 25.8 Å². The second-order valence-electron chi connectivity index (χ2n) is 10.9. The monoisotopic (exact) mass is 582 g/mol. The van der Waals surface area contributed by atoms with Crippen LogP contribution in [0.4, 0.5) is 4.39 Å². The Morgan fingerprint density at radius 2 is 1.83 bits per heavy atom. The maximum atomic E-state index is 15.3. The molecule has 0 aromatic heterocycles. The van der Waals surface area contributed by atoms with Gasteiger partial charge in [0.15, 0.2) is 0 Å². The summed E-state index contributed by atoms with van der Waals surface area (Å²) in [6, 6.07) is 12.8. The number of aryl methyl sites for hydroxylation is 2. The average Bonchev–Trinajstić information content (AvgIpc) is 3.51. The Bertz CT molecular complexity index is 1560. The van der Waals surface area contributed by atoms with Gasteiger partial charge in [0.2, 0.25) is 0 Å². The second-order valence-corrected chi connectivity index (χ2v) is 13.1. The molecule has 3 aromatic rings. The Morgan fingerprint density at radius 1 is 1.07 bits per heavy atom. The molecule has 0 radical (unpaired) electrons. The van der Waals surface area contributed by atoms with Crippen molar-refractivity contribution in [3.8, 4) is 28.4 Å². The predicted octanol–water partition coefficient (Wildman–Crippen LogP) is 6.03. The summed E-state index contributed by atoms with van der Waals surface area (Å²) in [4.78, 5) is 11.7. The van der Waals surface area contributed by atoms with Gasteiger partial charge in [-0.3, -0.25) is 4.79 Å². The van der Waals surface area contributed by atoms with Crippen LogP contribution in [-0.4, -0.2) is 46.7 Å². The summed E-state index contributed by atoms with van der Waals surface area (Å²) in [6.45, 7) is 4.72. The van der Waals surface area contributed by atoms with Crippen LogP contribution in [0.3, 0.4) is 0 Å². The van der Waals surface area contributed by atoms with Gasteiger partial charge in [-0.05, 0) is 85.2 Å². The Hall–Kier alpha value is -3.59. The zero-order chi connectivity index (χ0) is 29.3. The maximum absolute atomic E-state index is 15.3. The first-order valence-electron chi connectivity index (χ1n) is 13.8. The van der Waals surface area contributed by atoms with E-state index in [1.165, 1.54) is 19.4 Å². The van der Waals surface area contributed by atoms with E-state index in [4.69, 9.17) is 18.9 Å². The Balaban J connectivity index is 1.35. The number of carbonyl (C=O) groups is 1. The molecule has 0 saturated heterocycles. The van der Waals surface area contributed by atoms with Crippen molar-refractivity contribution in [3.05, 3.63) is 76.1 Å². The first-order chi connectivity index (χ1) is 19.5. The van der Waals surface area contributed by atoms with Gasteiger partial charge >= 0.3 is 5.97 Å². The van der Waals surface area contributed by atoms with Gasteiger partial charge in [-0.2, -0.15) is 0 Å². The third kappa shape index (κ3) is 6.35. The van der Waals surface area contributed by atoms with Crippen molar-refractivity contribution in [1.82, 2.24) is 0 Å². The van der Waals surface area contributed by atoms with Crippen LogP contribution in [0.15, 0.2) is 42.5 Å². The van der Waals surface area contributed by atoms with Crippen LogP contribution in [0.5, 0.6) is 17.2 Å². The van der Waals surface area contributed by atoms with Crippen molar-refractivity contribution in [2.24, 2.45) is 0 Å². The van der Waals surface area contributed by atoms with E-state index in [0.29, 0.717) is 55.3 Å². The van der Waals surface area contributed by atoms with Crippen LogP contribution in [0.25, 0.3) is 11.1 Å². The van der Waals surface area contributed by atoms with Crippen molar-refractivity contribution < 1.29 is 36.6 Å². The summed E-state index contributed by atoms with van der Waals surface area (Å²) in [5.41, 5.74) is 6.47. The molecule has 218 valence electrons. The number of rotatable bonds is 10. The molecule has 1 heterocycles. The van der Waals surface area contributed by atoms with E-state index in [2.05, 4.69) is 0 Å². The topological polar surface area (TPSA) is 88.1 Å². The van der Waals surface area contributed by atoms with Crippen molar-refractivity contribution >= 4 is 15.8 Å². The van der Waals surface area contributed by atoms with Crippen LogP contribution in [0.2, 0.25) is 0 Å². The lowest BCUT2D eigenvalue weighted by Crippen LogP contribution is -2.09. The number of fused-ring (bicyclic) bond motifs is 2. The molecule has 2 atom stereocenters. The summed E-state index contributed by atoms with van der Waals surface area (Å²) in [6.07, 6.45) is 2.79. The molecule has 3 aromatic carbocycles. The summed E-state index contributed by atoms with van der Waals surface area (Å²) in [7, 11) is -1.65. The first-order valence-corrected chi connectivity index (χ1v) is 15.8. The molecule has 0 bridgehead atoms. The third-order valence-electron chi connectivity index (χ3n) is 7.77. The van der Waals surface area contributed by atoms with Gasteiger partial charge in [-0.15, -0.1) is 0 Å². The highest BCUT2D eigenvalue weighted by Gasteiger charge is 2.32. The van der Waals surface area contributed by atoms with Crippen LogP contribution in [0, 0.1) is 19.7 Å². The number of esters is 1. The van der Waals surface area contributed by atoms with E-state index in [9.17, 15) is 13.2 Å². The standard InChI is InChI=1S/C32H35FO7S/c1-19-14-23(38-12-5-13-41(4,35)36)15-20(2)31(19)25-8-10-27(33)32-26(25)9-11-28(32)40-22-6-7-24-21(16-30(34)37-3)18-39-29(24)17-22/h6-8,10,14-15,17,21,28H,5,9,11-13,16,18H2,1-4H3. The maximum Gasteiger partial charge on any atom is 0.306 e. The van der Waals surface area contributed by atoms with E-state index in [1.807, 2.05) is 50.2 Å². The Labute approximate surface area is 240 Å². The number of hydrogen-bond donors (Lipinski definition) is 0. The van der Waals surface area contributed by atoms with E-state index >= 15 is 4.39 Å². The number of benzene rings is 3. The highest BCUT2D eigenvalue weighted by molar-refractivity contribution is 7.90. The quantitative estimate of drug-likeness (QED) is 0.213. The number of hydrogen-bond acceptors (Lipinski definition) is 7. The summed E-state index contributed by atoms with van der Waals surface area (Å²) >= 11 is 0. The molecule has 7 nitrogen and oxygen atoms in total. The number of halogens is 1. The molecule has 9 heteroatoms. The Morgan fingerprint density at radius 3 is 2.54 bits per heavy atom. The molecule has 0 spiro atoms. The van der Waals surface area contributed by atoms with Gasteiger partial charge in [0, 0.05) is 29.4 Å². The third-order valence-corrected chi connectivity index (χ3v) is 8.80. The fourth-order valence-corrected chi connectivity index (χ4v) is 6.56. The fourth-order valence-electron chi connectivity index (χ4n) is 5.92. The van der Waals surface area contributed by atoms with Gasteiger partial charge < -0.3 is 18.9 Å². The SMILES string of the molecule is COC(=O)CC1COc2cc(OC3CCc4c(-c5c(C)cc(OCCCS(C)(=O)=O)cc5C)ccc(F)c43)ccc21. The molecule has 1 aliphatic heterocycles. The molecule has 0 saturated carbocycles. The highest BCUT2D eigenvalue weighted by Crippen LogP contribution is 2.45. The fraction of sp³-hybridized carbons (Fsp3) is 0.406. The zero-order valence-corrected chi connectivity index (χ0v) is 24.6. The molecule has 41 heavy (non-hydrogen) atoms. The normalized spacial score (nSPS) is 17.5. The summed E-state index contributed by atoms with van der Waals surface area (Å²) < 4.78 is 60.8. The lowest BCUT2D eigenvalue weighted by Gasteiger charge is -2.19. The summed E-state index contributed by atoms with van der Waals surface area (Å²) in [5, 5.41) is 0. The smallest absolute Gasteiger partial charge is 0.306 e. The molecule has 1 aliphatic carbocycles. The van der Waals surface area contributed by atoms with Crippen LogP contribution >= 0.6 is 0 Å². The molecule has 2 unspecified atom stereocenters. The molecular formula is C32H35FO7S. The molecular weight excluding hydrogens is 547 g/mol. The number of carbonyl (C=O) groups excluding carboxylic acids is 1. The minimum atomic E-state index is -3.02. The molecule has 0 amide bonds. The van der Waals surface area contributed by atoms with Crippen molar-refractivity contribution in [3.63, 3.8) is 0 Å². The second kappa shape index (κ2) is 11.7.